The summed E-state index contributed by atoms with van der Waals surface area (Å²) in [4.78, 5) is 14.6. The van der Waals surface area contributed by atoms with Crippen molar-refractivity contribution in [3.05, 3.63) is 17.0 Å². The summed E-state index contributed by atoms with van der Waals surface area (Å²) >= 11 is 0. The minimum atomic E-state index is 0.0839. The third-order valence-corrected chi connectivity index (χ3v) is 3.86. The molecule has 18 heavy (non-hydrogen) atoms. The summed E-state index contributed by atoms with van der Waals surface area (Å²) in [5, 5.41) is 3.88. The average Bonchev–Trinajstić information content (AvgIpc) is 2.71. The number of aryl methyl sites for hydroxylation is 2. The number of hydrogen-bond donors (Lipinski definition) is 0. The summed E-state index contributed by atoms with van der Waals surface area (Å²) < 4.78 is 5.10. The van der Waals surface area contributed by atoms with E-state index in [2.05, 4.69) is 5.16 Å². The SMILES string of the molecule is CCN(C(=O)c1c(C)noc1C)C1CCCCC1. The number of nitrogens with zero attached hydrogens (tertiary/aromatic N) is 2. The summed E-state index contributed by atoms with van der Waals surface area (Å²) in [7, 11) is 0. The van der Waals surface area contributed by atoms with Gasteiger partial charge in [0.25, 0.3) is 5.91 Å². The van der Waals surface area contributed by atoms with Gasteiger partial charge in [-0.1, -0.05) is 24.4 Å². The Bertz CT molecular complexity index is 400. The molecule has 100 valence electrons. The van der Waals surface area contributed by atoms with Gasteiger partial charge in [0.2, 0.25) is 0 Å². The normalized spacial score (nSPS) is 16.8. The Labute approximate surface area is 108 Å². The van der Waals surface area contributed by atoms with Crippen molar-refractivity contribution < 1.29 is 9.32 Å². The molecule has 1 heterocycles. The minimum absolute atomic E-state index is 0.0839. The Morgan fingerprint density at radius 2 is 2.00 bits per heavy atom. The van der Waals surface area contributed by atoms with Crippen molar-refractivity contribution in [2.75, 3.05) is 6.54 Å². The monoisotopic (exact) mass is 250 g/mol. The highest BCUT2D eigenvalue weighted by Gasteiger charge is 2.28. The van der Waals surface area contributed by atoms with E-state index in [1.807, 2.05) is 25.7 Å². The molecule has 1 aliphatic carbocycles. The van der Waals surface area contributed by atoms with Gasteiger partial charge >= 0.3 is 0 Å². The van der Waals surface area contributed by atoms with E-state index in [9.17, 15) is 4.79 Å². The van der Waals surface area contributed by atoms with E-state index in [0.717, 1.165) is 19.4 Å². The van der Waals surface area contributed by atoms with Gasteiger partial charge in [-0.05, 0) is 33.6 Å². The molecule has 1 fully saturated rings. The van der Waals surface area contributed by atoms with Crippen LogP contribution in [-0.4, -0.2) is 28.6 Å². The van der Waals surface area contributed by atoms with Crippen LogP contribution in [0, 0.1) is 13.8 Å². The molecule has 0 aliphatic heterocycles. The topological polar surface area (TPSA) is 46.3 Å². The van der Waals surface area contributed by atoms with E-state index < -0.39 is 0 Å². The van der Waals surface area contributed by atoms with Crippen molar-refractivity contribution in [3.63, 3.8) is 0 Å². The van der Waals surface area contributed by atoms with Gasteiger partial charge in [-0.2, -0.15) is 0 Å². The lowest BCUT2D eigenvalue weighted by Gasteiger charge is -2.33. The molecule has 0 spiro atoms. The third-order valence-electron chi connectivity index (χ3n) is 3.86. The van der Waals surface area contributed by atoms with Crippen LogP contribution in [0.1, 0.15) is 60.8 Å². The summed E-state index contributed by atoms with van der Waals surface area (Å²) in [6.07, 6.45) is 6.02. The molecule has 1 aliphatic rings. The number of hydrogen-bond acceptors (Lipinski definition) is 3. The van der Waals surface area contributed by atoms with Crippen molar-refractivity contribution in [2.45, 2.75) is 58.9 Å². The Morgan fingerprint density at radius 1 is 1.33 bits per heavy atom. The highest BCUT2D eigenvalue weighted by atomic mass is 16.5. The minimum Gasteiger partial charge on any atom is -0.361 e. The van der Waals surface area contributed by atoms with Crippen LogP contribution in [0.5, 0.6) is 0 Å². The van der Waals surface area contributed by atoms with Crippen molar-refractivity contribution in [1.29, 1.82) is 0 Å². The number of carbonyl (C=O) groups excluding carboxylic acids is 1. The molecule has 0 saturated heterocycles. The number of aromatic nitrogens is 1. The average molecular weight is 250 g/mol. The first kappa shape index (κ1) is 13.1. The maximum atomic E-state index is 12.6. The summed E-state index contributed by atoms with van der Waals surface area (Å²) in [5.41, 5.74) is 1.36. The quantitative estimate of drug-likeness (QED) is 0.828. The molecular formula is C14H22N2O2. The molecule has 0 bridgehead atoms. The molecular weight excluding hydrogens is 228 g/mol. The molecule has 0 aromatic carbocycles. The molecule has 4 heteroatoms. The molecule has 2 rings (SSSR count). The Kier molecular flexibility index (Phi) is 4.04. The largest absolute Gasteiger partial charge is 0.361 e. The van der Waals surface area contributed by atoms with Gasteiger partial charge in [0.15, 0.2) is 0 Å². The number of rotatable bonds is 3. The molecule has 1 amide bonds. The van der Waals surface area contributed by atoms with Crippen LogP contribution in [0.15, 0.2) is 4.52 Å². The highest BCUT2D eigenvalue weighted by molar-refractivity contribution is 5.96. The second-order valence-electron chi connectivity index (χ2n) is 5.08. The van der Waals surface area contributed by atoms with E-state index in [1.54, 1.807) is 0 Å². The molecule has 0 radical (unpaired) electrons. The van der Waals surface area contributed by atoms with Gasteiger partial charge in [-0.3, -0.25) is 4.79 Å². The lowest BCUT2D eigenvalue weighted by molar-refractivity contribution is 0.0645. The number of carbonyl (C=O) groups is 1. The lowest BCUT2D eigenvalue weighted by atomic mass is 9.93. The second-order valence-corrected chi connectivity index (χ2v) is 5.08. The van der Waals surface area contributed by atoms with E-state index >= 15 is 0 Å². The first-order valence-corrected chi connectivity index (χ1v) is 6.89. The van der Waals surface area contributed by atoms with Crippen molar-refractivity contribution >= 4 is 5.91 Å². The van der Waals surface area contributed by atoms with Crippen LogP contribution in [0.25, 0.3) is 0 Å². The van der Waals surface area contributed by atoms with Crippen LogP contribution < -0.4 is 0 Å². The van der Waals surface area contributed by atoms with Gasteiger partial charge in [0, 0.05) is 12.6 Å². The van der Waals surface area contributed by atoms with Gasteiger partial charge in [0.05, 0.1) is 5.69 Å². The Morgan fingerprint density at radius 3 is 2.50 bits per heavy atom. The van der Waals surface area contributed by atoms with E-state index in [0.29, 0.717) is 23.1 Å². The summed E-state index contributed by atoms with van der Waals surface area (Å²) in [6.45, 7) is 6.44. The van der Waals surface area contributed by atoms with Crippen molar-refractivity contribution in [1.82, 2.24) is 10.1 Å². The van der Waals surface area contributed by atoms with E-state index in [-0.39, 0.29) is 5.91 Å². The second kappa shape index (κ2) is 5.55. The summed E-state index contributed by atoms with van der Waals surface area (Å²) in [5.74, 6) is 0.715. The maximum Gasteiger partial charge on any atom is 0.259 e. The standard InChI is InChI=1S/C14H22N2O2/c1-4-16(12-8-6-5-7-9-12)14(17)13-10(2)15-18-11(13)3/h12H,4-9H2,1-3H3. The van der Waals surface area contributed by atoms with Gasteiger partial charge in [0.1, 0.15) is 11.3 Å². The van der Waals surface area contributed by atoms with Crippen LogP contribution in [-0.2, 0) is 0 Å². The van der Waals surface area contributed by atoms with Gasteiger partial charge in [-0.25, -0.2) is 0 Å². The van der Waals surface area contributed by atoms with Crippen molar-refractivity contribution in [3.8, 4) is 0 Å². The lowest BCUT2D eigenvalue weighted by Crippen LogP contribution is -2.41. The van der Waals surface area contributed by atoms with Crippen LogP contribution in [0.4, 0.5) is 0 Å². The molecule has 1 aromatic rings. The fourth-order valence-electron chi connectivity index (χ4n) is 2.89. The zero-order valence-electron chi connectivity index (χ0n) is 11.5. The zero-order chi connectivity index (χ0) is 13.1. The predicted octanol–water partition coefficient (Wildman–Crippen LogP) is 3.09. The predicted molar refractivity (Wildman–Crippen MR) is 69.6 cm³/mol. The molecule has 0 unspecified atom stereocenters. The summed E-state index contributed by atoms with van der Waals surface area (Å²) in [6, 6.07) is 0.393. The van der Waals surface area contributed by atoms with Gasteiger partial charge in [-0.15, -0.1) is 0 Å². The maximum absolute atomic E-state index is 12.6. The number of amides is 1. The van der Waals surface area contributed by atoms with Crippen LogP contribution >= 0.6 is 0 Å². The smallest absolute Gasteiger partial charge is 0.259 e. The van der Waals surface area contributed by atoms with Crippen LogP contribution in [0.3, 0.4) is 0 Å². The zero-order valence-corrected chi connectivity index (χ0v) is 11.5. The van der Waals surface area contributed by atoms with Crippen molar-refractivity contribution in [2.24, 2.45) is 0 Å². The molecule has 0 N–H and O–H groups in total. The molecule has 0 atom stereocenters. The molecule has 1 aromatic heterocycles. The fraction of sp³-hybridized carbons (Fsp3) is 0.714. The Balaban J connectivity index is 2.19. The van der Waals surface area contributed by atoms with Gasteiger partial charge < -0.3 is 9.42 Å². The van der Waals surface area contributed by atoms with Crippen LogP contribution in [0.2, 0.25) is 0 Å². The fourth-order valence-corrected chi connectivity index (χ4v) is 2.89. The third kappa shape index (κ3) is 2.42. The molecule has 1 saturated carbocycles. The highest BCUT2D eigenvalue weighted by Crippen LogP contribution is 2.25. The van der Waals surface area contributed by atoms with E-state index in [1.165, 1.54) is 19.3 Å². The molecule has 4 nitrogen and oxygen atoms in total. The van der Waals surface area contributed by atoms with E-state index in [4.69, 9.17) is 4.52 Å². The first-order valence-electron chi connectivity index (χ1n) is 6.89. The Hall–Kier alpha value is -1.32. The first-order chi connectivity index (χ1) is 8.65.